The van der Waals surface area contributed by atoms with E-state index in [1.165, 1.54) is 25.0 Å². The Labute approximate surface area is 208 Å². The molecule has 0 spiro atoms. The highest BCUT2D eigenvalue weighted by Gasteiger charge is 2.20. The fourth-order valence-electron chi connectivity index (χ4n) is 3.75. The van der Waals surface area contributed by atoms with Gasteiger partial charge < -0.3 is 23.7 Å². The largest absolute Gasteiger partial charge is 0.497 e. The number of hydrogen-bond acceptors (Lipinski definition) is 7. The molecule has 36 heavy (non-hydrogen) atoms. The van der Waals surface area contributed by atoms with E-state index in [0.29, 0.717) is 46.4 Å². The molecule has 0 saturated heterocycles. The molecule has 1 heterocycles. The lowest BCUT2D eigenvalue weighted by atomic mass is 10.1. The number of hydrogen-bond donors (Lipinski definition) is 0. The lowest BCUT2D eigenvalue weighted by Gasteiger charge is -2.15. The first-order valence-corrected chi connectivity index (χ1v) is 11.4. The van der Waals surface area contributed by atoms with E-state index in [0.717, 1.165) is 6.42 Å². The van der Waals surface area contributed by atoms with Gasteiger partial charge in [0.2, 0.25) is 0 Å². The Morgan fingerprint density at radius 2 is 1.36 bits per heavy atom. The van der Waals surface area contributed by atoms with Crippen LogP contribution in [-0.4, -0.2) is 38.5 Å². The average molecular weight is 490 g/mol. The topological polar surface area (TPSA) is 85.2 Å². The molecule has 4 aromatic rings. The van der Waals surface area contributed by atoms with Crippen LogP contribution in [0.4, 0.5) is 0 Å². The molecule has 8 heteroatoms. The predicted molar refractivity (Wildman–Crippen MR) is 136 cm³/mol. The molecule has 0 radical (unpaired) electrons. The molecule has 0 unspecified atom stereocenters. The van der Waals surface area contributed by atoms with Crippen LogP contribution >= 0.6 is 0 Å². The number of benzene rings is 3. The molecule has 0 atom stereocenters. The summed E-state index contributed by atoms with van der Waals surface area (Å²) in [5.41, 5.74) is 0.418. The Morgan fingerprint density at radius 3 is 1.94 bits per heavy atom. The minimum Gasteiger partial charge on any atom is -0.497 e. The zero-order valence-corrected chi connectivity index (χ0v) is 20.6. The fourth-order valence-corrected chi connectivity index (χ4v) is 3.75. The molecule has 3 aromatic carbocycles. The molecule has 1 aromatic heterocycles. The van der Waals surface area contributed by atoms with E-state index < -0.39 is 5.97 Å². The Morgan fingerprint density at radius 1 is 0.778 bits per heavy atom. The molecule has 4 rings (SSSR count). The fraction of sp³-hybridized carbons (Fsp3) is 0.214. The predicted octanol–water partition coefficient (Wildman–Crippen LogP) is 5.02. The maximum Gasteiger partial charge on any atom is 0.345 e. The van der Waals surface area contributed by atoms with Crippen molar-refractivity contribution in [3.63, 3.8) is 0 Å². The molecule has 186 valence electrons. The minimum absolute atomic E-state index is 0.188. The van der Waals surface area contributed by atoms with Crippen LogP contribution in [0.15, 0.2) is 71.7 Å². The van der Waals surface area contributed by atoms with E-state index in [2.05, 4.69) is 0 Å². The number of esters is 1. The highest BCUT2D eigenvalue weighted by Crippen LogP contribution is 2.33. The number of carbonyl (C=O) groups is 1. The number of methoxy groups -OCH3 is 3. The third-order valence-corrected chi connectivity index (χ3v) is 5.60. The number of nitrogens with zero attached hydrogens (tertiary/aromatic N) is 1. The Kier molecular flexibility index (Phi) is 7.44. The van der Waals surface area contributed by atoms with E-state index in [-0.39, 0.29) is 16.5 Å². The summed E-state index contributed by atoms with van der Waals surface area (Å²) in [5, 5.41) is 0.663. The number of pyridine rings is 1. The van der Waals surface area contributed by atoms with E-state index in [4.69, 9.17) is 23.7 Å². The van der Waals surface area contributed by atoms with E-state index >= 15 is 0 Å². The molecule has 8 nitrogen and oxygen atoms in total. The van der Waals surface area contributed by atoms with Crippen molar-refractivity contribution in [2.24, 2.45) is 0 Å². The summed E-state index contributed by atoms with van der Waals surface area (Å²) in [6, 6.07) is 16.9. The lowest BCUT2D eigenvalue weighted by Crippen LogP contribution is -2.22. The van der Waals surface area contributed by atoms with Crippen molar-refractivity contribution in [3.8, 4) is 34.4 Å². The van der Waals surface area contributed by atoms with Crippen LogP contribution in [0.3, 0.4) is 0 Å². The van der Waals surface area contributed by atoms with Gasteiger partial charge in [-0.15, -0.1) is 0 Å². The van der Waals surface area contributed by atoms with Gasteiger partial charge in [0.05, 0.1) is 38.9 Å². The highest BCUT2D eigenvalue weighted by atomic mass is 16.5. The summed E-state index contributed by atoms with van der Waals surface area (Å²) >= 11 is 0. The van der Waals surface area contributed by atoms with Crippen molar-refractivity contribution in [2.45, 2.75) is 13.3 Å². The Balaban J connectivity index is 1.82. The molecular weight excluding hydrogens is 462 g/mol. The first-order chi connectivity index (χ1) is 17.5. The number of carbonyl (C=O) groups excluding carboxylic acids is 1. The van der Waals surface area contributed by atoms with Gasteiger partial charge in [-0.05, 0) is 67.1 Å². The molecular formula is C28H27NO7. The van der Waals surface area contributed by atoms with Gasteiger partial charge >= 0.3 is 5.97 Å². The standard InChI is InChI=1S/C28H27NO7/c1-5-14-35-20-10-12-21(13-11-20)36-28(31)24-17-29(18-6-8-19(32-2)9-7-18)27(30)23-16-26(34-4)25(33-3)15-22(23)24/h6-13,15-17H,5,14H2,1-4H3. The van der Waals surface area contributed by atoms with E-state index in [9.17, 15) is 9.59 Å². The second-order valence-electron chi connectivity index (χ2n) is 7.88. The number of aromatic nitrogens is 1. The second kappa shape index (κ2) is 10.9. The van der Waals surface area contributed by atoms with Gasteiger partial charge in [0.25, 0.3) is 5.56 Å². The minimum atomic E-state index is -0.628. The van der Waals surface area contributed by atoms with Crippen LogP contribution in [0.25, 0.3) is 16.5 Å². The zero-order chi connectivity index (χ0) is 25.7. The monoisotopic (exact) mass is 489 g/mol. The quantitative estimate of drug-likeness (QED) is 0.241. The van der Waals surface area contributed by atoms with Crippen molar-refractivity contribution >= 4 is 16.7 Å². The van der Waals surface area contributed by atoms with Crippen molar-refractivity contribution in [1.29, 1.82) is 0 Å². The Bertz CT molecular complexity index is 1420. The first-order valence-electron chi connectivity index (χ1n) is 11.4. The third-order valence-electron chi connectivity index (χ3n) is 5.60. The van der Waals surface area contributed by atoms with Crippen LogP contribution in [0.1, 0.15) is 23.7 Å². The molecule has 0 N–H and O–H groups in total. The molecule has 0 fully saturated rings. The normalized spacial score (nSPS) is 10.7. The van der Waals surface area contributed by atoms with Crippen molar-refractivity contribution in [3.05, 3.63) is 82.8 Å². The molecule has 0 aliphatic carbocycles. The molecule has 0 aliphatic heterocycles. The maximum atomic E-state index is 13.5. The molecule has 0 saturated carbocycles. The average Bonchev–Trinajstić information content (AvgIpc) is 2.92. The summed E-state index contributed by atoms with van der Waals surface area (Å²) in [7, 11) is 4.54. The van der Waals surface area contributed by atoms with E-state index in [1.54, 1.807) is 67.8 Å². The molecule has 0 aliphatic rings. The number of fused-ring (bicyclic) bond motifs is 1. The zero-order valence-electron chi connectivity index (χ0n) is 20.6. The summed E-state index contributed by atoms with van der Waals surface area (Å²) < 4.78 is 28.7. The Hall–Kier alpha value is -4.46. The summed E-state index contributed by atoms with van der Waals surface area (Å²) in [6.45, 7) is 2.62. The van der Waals surface area contributed by atoms with Gasteiger partial charge in [0, 0.05) is 17.3 Å². The summed E-state index contributed by atoms with van der Waals surface area (Å²) in [5.74, 6) is 1.81. The van der Waals surface area contributed by atoms with Crippen molar-refractivity contribution in [2.75, 3.05) is 27.9 Å². The van der Waals surface area contributed by atoms with E-state index in [1.807, 2.05) is 6.92 Å². The van der Waals surface area contributed by atoms with Crippen LogP contribution < -0.4 is 29.2 Å². The van der Waals surface area contributed by atoms with Gasteiger partial charge in [-0.25, -0.2) is 4.79 Å². The van der Waals surface area contributed by atoms with Crippen molar-refractivity contribution in [1.82, 2.24) is 4.57 Å². The van der Waals surface area contributed by atoms with Crippen LogP contribution in [-0.2, 0) is 0 Å². The van der Waals surface area contributed by atoms with Gasteiger partial charge in [-0.2, -0.15) is 0 Å². The van der Waals surface area contributed by atoms with Crippen LogP contribution in [0, 0.1) is 0 Å². The summed E-state index contributed by atoms with van der Waals surface area (Å²) in [4.78, 5) is 26.9. The van der Waals surface area contributed by atoms with Gasteiger partial charge in [-0.1, -0.05) is 6.92 Å². The van der Waals surface area contributed by atoms with Gasteiger partial charge in [0.1, 0.15) is 17.2 Å². The number of rotatable bonds is 9. The summed E-state index contributed by atoms with van der Waals surface area (Å²) in [6.07, 6.45) is 2.36. The smallest absolute Gasteiger partial charge is 0.345 e. The molecule has 0 bridgehead atoms. The van der Waals surface area contributed by atoms with Gasteiger partial charge in [0.15, 0.2) is 11.5 Å². The SMILES string of the molecule is CCCOc1ccc(OC(=O)c2cn(-c3ccc(OC)cc3)c(=O)c3cc(OC)c(OC)cc23)cc1. The molecule has 0 amide bonds. The first kappa shape index (κ1) is 24.7. The second-order valence-corrected chi connectivity index (χ2v) is 7.88. The van der Waals surface area contributed by atoms with Crippen LogP contribution in [0.2, 0.25) is 0 Å². The van der Waals surface area contributed by atoms with Crippen LogP contribution in [0.5, 0.6) is 28.7 Å². The number of ether oxygens (including phenoxy) is 5. The van der Waals surface area contributed by atoms with Crippen molar-refractivity contribution < 1.29 is 28.5 Å². The maximum absolute atomic E-state index is 13.5. The highest BCUT2D eigenvalue weighted by molar-refractivity contribution is 6.05. The van der Waals surface area contributed by atoms with Gasteiger partial charge in [-0.3, -0.25) is 9.36 Å². The lowest BCUT2D eigenvalue weighted by molar-refractivity contribution is 0.0736. The third kappa shape index (κ3) is 4.98.